The highest BCUT2D eigenvalue weighted by molar-refractivity contribution is 5.91. The van der Waals surface area contributed by atoms with Gasteiger partial charge in [-0.1, -0.05) is 24.3 Å². The van der Waals surface area contributed by atoms with Crippen LogP contribution in [-0.2, 0) is 0 Å². The average Bonchev–Trinajstić information content (AvgIpc) is 2.49. The van der Waals surface area contributed by atoms with Gasteiger partial charge < -0.3 is 10.6 Å². The van der Waals surface area contributed by atoms with Gasteiger partial charge in [-0.15, -0.1) is 0 Å². The molecule has 3 rings (SSSR count). The summed E-state index contributed by atoms with van der Waals surface area (Å²) in [4.78, 5) is 9.16. The van der Waals surface area contributed by atoms with E-state index in [1.165, 1.54) is 0 Å². The van der Waals surface area contributed by atoms with Gasteiger partial charge in [0.2, 0.25) is 0 Å². The number of anilines is 3. The van der Waals surface area contributed by atoms with Gasteiger partial charge in [-0.2, -0.15) is 0 Å². The van der Waals surface area contributed by atoms with Crippen molar-refractivity contribution in [3.8, 4) is 0 Å². The number of aromatic nitrogens is 2. The van der Waals surface area contributed by atoms with Gasteiger partial charge in [0.25, 0.3) is 0 Å². The third kappa shape index (κ3) is 2.94. The van der Waals surface area contributed by atoms with Crippen molar-refractivity contribution in [1.82, 2.24) is 9.97 Å². The minimum absolute atomic E-state index is 0.809. The Morgan fingerprint density at radius 2 is 1.71 bits per heavy atom. The van der Waals surface area contributed by atoms with Crippen molar-refractivity contribution < 1.29 is 0 Å². The molecule has 0 spiro atoms. The summed E-state index contributed by atoms with van der Waals surface area (Å²) >= 11 is 0. The van der Waals surface area contributed by atoms with Crippen molar-refractivity contribution >= 4 is 28.2 Å². The second-order valence-electron chi connectivity index (χ2n) is 4.89. The maximum absolute atomic E-state index is 4.62. The lowest BCUT2D eigenvalue weighted by atomic mass is 10.1. The van der Waals surface area contributed by atoms with E-state index in [4.69, 9.17) is 0 Å². The first-order valence-electron chi connectivity index (χ1n) is 7.10. The molecule has 0 radical (unpaired) electrons. The predicted molar refractivity (Wildman–Crippen MR) is 88.2 cm³/mol. The molecular weight excluding hydrogens is 260 g/mol. The molecule has 4 nitrogen and oxygen atoms in total. The van der Waals surface area contributed by atoms with Gasteiger partial charge in [0.05, 0.1) is 11.2 Å². The minimum Gasteiger partial charge on any atom is -0.370 e. The highest BCUT2D eigenvalue weighted by Gasteiger charge is 2.04. The van der Waals surface area contributed by atoms with E-state index < -0.39 is 0 Å². The second-order valence-corrected chi connectivity index (χ2v) is 4.89. The number of para-hydroxylation sites is 1. The highest BCUT2D eigenvalue weighted by atomic mass is 15.1. The summed E-state index contributed by atoms with van der Waals surface area (Å²) in [5, 5.41) is 7.69. The summed E-state index contributed by atoms with van der Waals surface area (Å²) in [5.74, 6) is 1.68. The third-order valence-electron chi connectivity index (χ3n) is 3.23. The van der Waals surface area contributed by atoms with Gasteiger partial charge in [-0.25, -0.2) is 4.98 Å². The van der Waals surface area contributed by atoms with Crippen LogP contribution in [0.3, 0.4) is 0 Å². The maximum atomic E-state index is 4.62. The van der Waals surface area contributed by atoms with Gasteiger partial charge in [-0.3, -0.25) is 4.98 Å². The second kappa shape index (κ2) is 5.79. The third-order valence-corrected chi connectivity index (χ3v) is 3.23. The largest absolute Gasteiger partial charge is 0.370 e. The first kappa shape index (κ1) is 13.4. The fourth-order valence-corrected chi connectivity index (χ4v) is 2.27. The van der Waals surface area contributed by atoms with Crippen LogP contribution in [0.2, 0.25) is 0 Å². The molecule has 106 valence electrons. The molecule has 0 fully saturated rings. The summed E-state index contributed by atoms with van der Waals surface area (Å²) < 4.78 is 0. The van der Waals surface area contributed by atoms with E-state index in [0.29, 0.717) is 0 Å². The molecular formula is C17H18N4. The number of nitrogens with zero attached hydrogens (tertiary/aromatic N) is 2. The van der Waals surface area contributed by atoms with E-state index >= 15 is 0 Å². The van der Waals surface area contributed by atoms with E-state index in [-0.39, 0.29) is 0 Å². The predicted octanol–water partition coefficient (Wildman–Crippen LogP) is 4.11. The minimum atomic E-state index is 0.809. The number of nitrogens with one attached hydrogen (secondary N) is 2. The smallest absolute Gasteiger partial charge is 0.132 e. The quantitative estimate of drug-likeness (QED) is 0.754. The van der Waals surface area contributed by atoms with Gasteiger partial charge >= 0.3 is 0 Å². The number of rotatable bonds is 4. The Kier molecular flexibility index (Phi) is 3.69. The Labute approximate surface area is 124 Å². The summed E-state index contributed by atoms with van der Waals surface area (Å²) in [7, 11) is 0. The summed E-state index contributed by atoms with van der Waals surface area (Å²) in [6.07, 6.45) is 0. The number of pyridine rings is 2. The van der Waals surface area contributed by atoms with Crippen LogP contribution in [0.5, 0.6) is 0 Å². The Balaban J connectivity index is 1.98. The molecule has 0 saturated heterocycles. The molecule has 2 aromatic heterocycles. The van der Waals surface area contributed by atoms with Crippen molar-refractivity contribution in [2.45, 2.75) is 13.8 Å². The van der Waals surface area contributed by atoms with Crippen LogP contribution in [0.1, 0.15) is 12.6 Å². The average molecular weight is 278 g/mol. The summed E-state index contributed by atoms with van der Waals surface area (Å²) in [6.45, 7) is 4.91. The Morgan fingerprint density at radius 3 is 2.57 bits per heavy atom. The zero-order chi connectivity index (χ0) is 14.7. The fraction of sp³-hybridized carbons (Fsp3) is 0.176. The van der Waals surface area contributed by atoms with Crippen LogP contribution in [0.15, 0.2) is 48.5 Å². The fourth-order valence-electron chi connectivity index (χ4n) is 2.27. The van der Waals surface area contributed by atoms with E-state index in [9.17, 15) is 0 Å². The van der Waals surface area contributed by atoms with Gasteiger partial charge in [0.1, 0.15) is 11.6 Å². The van der Waals surface area contributed by atoms with E-state index in [2.05, 4.69) is 39.7 Å². The number of fused-ring (bicyclic) bond motifs is 1. The van der Waals surface area contributed by atoms with Crippen LogP contribution in [-0.4, -0.2) is 16.5 Å². The van der Waals surface area contributed by atoms with Crippen molar-refractivity contribution in [3.63, 3.8) is 0 Å². The first-order chi connectivity index (χ1) is 10.3. The van der Waals surface area contributed by atoms with Crippen LogP contribution in [0, 0.1) is 6.92 Å². The standard InChI is InChI=1S/C17H18N4/c1-3-18-15-8-5-9-16(21-15)20-14-7-4-6-13-11-10-12(2)19-17(13)14/h4-11H,3H2,1-2H3,(H2,18,20,21). The van der Waals surface area contributed by atoms with Crippen molar-refractivity contribution in [3.05, 3.63) is 54.2 Å². The van der Waals surface area contributed by atoms with Gasteiger partial charge in [0.15, 0.2) is 0 Å². The summed E-state index contributed by atoms with van der Waals surface area (Å²) in [6, 6.07) is 16.1. The molecule has 0 saturated carbocycles. The van der Waals surface area contributed by atoms with Crippen LogP contribution < -0.4 is 10.6 Å². The molecule has 0 amide bonds. The van der Waals surface area contributed by atoms with Crippen molar-refractivity contribution in [2.75, 3.05) is 17.2 Å². The zero-order valence-corrected chi connectivity index (χ0v) is 12.2. The van der Waals surface area contributed by atoms with Crippen LogP contribution in [0.4, 0.5) is 17.3 Å². The lowest BCUT2D eigenvalue weighted by Gasteiger charge is -2.10. The maximum Gasteiger partial charge on any atom is 0.132 e. The zero-order valence-electron chi connectivity index (χ0n) is 12.2. The lowest BCUT2D eigenvalue weighted by Crippen LogP contribution is -2.01. The molecule has 2 N–H and O–H groups in total. The highest BCUT2D eigenvalue weighted by Crippen LogP contribution is 2.24. The van der Waals surface area contributed by atoms with Gasteiger partial charge in [0, 0.05) is 17.6 Å². The Hall–Kier alpha value is -2.62. The number of benzene rings is 1. The van der Waals surface area contributed by atoms with E-state index in [1.807, 2.05) is 43.3 Å². The molecule has 4 heteroatoms. The lowest BCUT2D eigenvalue weighted by molar-refractivity contribution is 1.16. The number of aryl methyl sites for hydroxylation is 1. The molecule has 0 aliphatic heterocycles. The molecule has 0 bridgehead atoms. The molecule has 21 heavy (non-hydrogen) atoms. The van der Waals surface area contributed by atoms with Crippen molar-refractivity contribution in [1.29, 1.82) is 0 Å². The van der Waals surface area contributed by atoms with Crippen molar-refractivity contribution in [2.24, 2.45) is 0 Å². The van der Waals surface area contributed by atoms with Crippen LogP contribution in [0.25, 0.3) is 10.9 Å². The number of hydrogen-bond donors (Lipinski definition) is 2. The van der Waals surface area contributed by atoms with Gasteiger partial charge in [-0.05, 0) is 38.1 Å². The summed E-state index contributed by atoms with van der Waals surface area (Å²) in [5.41, 5.74) is 2.94. The Morgan fingerprint density at radius 1 is 0.905 bits per heavy atom. The Bertz CT molecular complexity index is 768. The van der Waals surface area contributed by atoms with Crippen LogP contribution >= 0.6 is 0 Å². The molecule has 3 aromatic rings. The van der Waals surface area contributed by atoms with E-state index in [0.717, 1.165) is 40.5 Å². The van der Waals surface area contributed by atoms with E-state index in [1.54, 1.807) is 0 Å². The monoisotopic (exact) mass is 278 g/mol. The number of hydrogen-bond acceptors (Lipinski definition) is 4. The molecule has 0 unspecified atom stereocenters. The topological polar surface area (TPSA) is 49.8 Å². The SMILES string of the molecule is CCNc1cccc(Nc2cccc3ccc(C)nc23)n1. The first-order valence-corrected chi connectivity index (χ1v) is 7.10. The molecule has 0 atom stereocenters. The molecule has 0 aliphatic rings. The normalized spacial score (nSPS) is 10.6. The molecule has 1 aromatic carbocycles. The molecule has 0 aliphatic carbocycles. The molecule has 2 heterocycles.